The molecule has 0 aromatic carbocycles. The number of halogens is 1. The van der Waals surface area contributed by atoms with E-state index in [1.54, 1.807) is 6.20 Å². The summed E-state index contributed by atoms with van der Waals surface area (Å²) >= 11 is 5.97. The lowest BCUT2D eigenvalue weighted by Gasteiger charge is -2.15. The van der Waals surface area contributed by atoms with Crippen LogP contribution < -0.4 is 5.73 Å². The summed E-state index contributed by atoms with van der Waals surface area (Å²) < 4.78 is 0. The molecule has 1 saturated heterocycles. The molecule has 4 heteroatoms. The maximum Gasteiger partial charge on any atom is 0.133 e. The van der Waals surface area contributed by atoms with Gasteiger partial charge in [-0.3, -0.25) is 4.90 Å². The molecule has 1 aliphatic heterocycles. The highest BCUT2D eigenvalue weighted by molar-refractivity contribution is 6.30. The topological polar surface area (TPSA) is 42.1 Å². The van der Waals surface area contributed by atoms with Gasteiger partial charge >= 0.3 is 0 Å². The van der Waals surface area contributed by atoms with Crippen LogP contribution in [0.5, 0.6) is 0 Å². The Labute approximate surface area is 88.9 Å². The molecule has 2 N–H and O–H groups in total. The number of aromatic nitrogens is 1. The predicted molar refractivity (Wildman–Crippen MR) is 57.1 cm³/mol. The number of nitrogens with zero attached hydrogens (tertiary/aromatic N) is 2. The third kappa shape index (κ3) is 2.23. The van der Waals surface area contributed by atoms with Crippen molar-refractivity contribution in [1.82, 2.24) is 9.88 Å². The summed E-state index contributed by atoms with van der Waals surface area (Å²) in [7, 11) is 0. The molecule has 1 aromatic rings. The number of nitrogens with two attached hydrogens (primary N) is 1. The molecule has 76 valence electrons. The summed E-state index contributed by atoms with van der Waals surface area (Å²) in [5, 5.41) is 0.605. The molecule has 2 rings (SSSR count). The summed E-state index contributed by atoms with van der Waals surface area (Å²) in [4.78, 5) is 6.36. The first-order valence-electron chi connectivity index (χ1n) is 4.83. The second kappa shape index (κ2) is 4.26. The van der Waals surface area contributed by atoms with Gasteiger partial charge in [0.05, 0.1) is 0 Å². The Kier molecular flexibility index (Phi) is 3.01. The van der Waals surface area contributed by atoms with Gasteiger partial charge in [0, 0.05) is 37.4 Å². The molecule has 1 fully saturated rings. The molecule has 0 unspecified atom stereocenters. The quantitative estimate of drug-likeness (QED) is 0.750. The smallest absolute Gasteiger partial charge is 0.133 e. The predicted octanol–water partition coefficient (Wildman–Crippen LogP) is 1.27. The summed E-state index contributed by atoms with van der Waals surface area (Å²) in [6.07, 6.45) is 2.79. The Morgan fingerprint density at radius 3 is 3.14 bits per heavy atom. The molecular weight excluding hydrogens is 198 g/mol. The van der Waals surface area contributed by atoms with Crippen molar-refractivity contribution in [2.24, 2.45) is 5.73 Å². The highest BCUT2D eigenvalue weighted by Crippen LogP contribution is 2.17. The molecule has 1 aliphatic rings. The van der Waals surface area contributed by atoms with Gasteiger partial charge in [-0.25, -0.2) is 4.98 Å². The first-order chi connectivity index (χ1) is 6.75. The summed E-state index contributed by atoms with van der Waals surface area (Å²) in [5.74, 6) is 0. The fourth-order valence-corrected chi connectivity index (χ4v) is 1.96. The standard InChI is InChI=1S/C10H14ClN3/c11-10-8(2-1-4-13-10)6-14-5-3-9(12)7-14/h1-2,4,9H,3,5-7,12H2/t9-/m1/s1. The summed E-state index contributed by atoms with van der Waals surface area (Å²) in [5.41, 5.74) is 6.91. The van der Waals surface area contributed by atoms with Gasteiger partial charge in [0.25, 0.3) is 0 Å². The van der Waals surface area contributed by atoms with Crippen molar-refractivity contribution in [2.45, 2.75) is 19.0 Å². The van der Waals surface area contributed by atoms with E-state index in [9.17, 15) is 0 Å². The molecule has 0 amide bonds. The second-order valence-electron chi connectivity index (χ2n) is 3.74. The fraction of sp³-hybridized carbons (Fsp3) is 0.500. The molecule has 2 heterocycles. The number of hydrogen-bond donors (Lipinski definition) is 1. The van der Waals surface area contributed by atoms with E-state index in [2.05, 4.69) is 9.88 Å². The van der Waals surface area contributed by atoms with Crippen molar-refractivity contribution in [3.8, 4) is 0 Å². The molecule has 0 spiro atoms. The van der Waals surface area contributed by atoms with Gasteiger partial charge in [-0.1, -0.05) is 17.7 Å². The fourth-order valence-electron chi connectivity index (χ4n) is 1.78. The number of pyridine rings is 1. The Morgan fingerprint density at radius 1 is 1.64 bits per heavy atom. The zero-order chi connectivity index (χ0) is 9.97. The van der Waals surface area contributed by atoms with Crippen molar-refractivity contribution in [1.29, 1.82) is 0 Å². The Balaban J connectivity index is 2.01. The molecule has 3 nitrogen and oxygen atoms in total. The van der Waals surface area contributed by atoms with Crippen LogP contribution in [0.1, 0.15) is 12.0 Å². The minimum Gasteiger partial charge on any atom is -0.326 e. The van der Waals surface area contributed by atoms with Gasteiger partial charge in [-0.2, -0.15) is 0 Å². The van der Waals surface area contributed by atoms with Crippen molar-refractivity contribution in [3.63, 3.8) is 0 Å². The molecular formula is C10H14ClN3. The van der Waals surface area contributed by atoms with Crippen molar-refractivity contribution in [2.75, 3.05) is 13.1 Å². The summed E-state index contributed by atoms with van der Waals surface area (Å²) in [6.45, 7) is 2.89. The Morgan fingerprint density at radius 2 is 2.50 bits per heavy atom. The molecule has 0 bridgehead atoms. The monoisotopic (exact) mass is 211 g/mol. The minimum atomic E-state index is 0.324. The largest absolute Gasteiger partial charge is 0.326 e. The van der Waals surface area contributed by atoms with Crippen LogP contribution in [-0.2, 0) is 6.54 Å². The molecule has 1 atom stereocenters. The lowest BCUT2D eigenvalue weighted by atomic mass is 10.2. The van der Waals surface area contributed by atoms with Crippen LogP contribution in [0.15, 0.2) is 18.3 Å². The number of hydrogen-bond acceptors (Lipinski definition) is 3. The van der Waals surface area contributed by atoms with E-state index in [-0.39, 0.29) is 0 Å². The van der Waals surface area contributed by atoms with Crippen LogP contribution in [0.25, 0.3) is 0 Å². The highest BCUT2D eigenvalue weighted by Gasteiger charge is 2.19. The lowest BCUT2D eigenvalue weighted by Crippen LogP contribution is -2.26. The van der Waals surface area contributed by atoms with Crippen molar-refractivity contribution >= 4 is 11.6 Å². The maximum absolute atomic E-state index is 5.97. The van der Waals surface area contributed by atoms with Gasteiger partial charge in [-0.15, -0.1) is 0 Å². The highest BCUT2D eigenvalue weighted by atomic mass is 35.5. The van der Waals surface area contributed by atoms with E-state index in [0.29, 0.717) is 11.2 Å². The molecule has 14 heavy (non-hydrogen) atoms. The minimum absolute atomic E-state index is 0.324. The molecule has 1 aromatic heterocycles. The van der Waals surface area contributed by atoms with Crippen LogP contribution >= 0.6 is 11.6 Å². The van der Waals surface area contributed by atoms with E-state index in [1.807, 2.05) is 12.1 Å². The van der Waals surface area contributed by atoms with E-state index in [4.69, 9.17) is 17.3 Å². The summed E-state index contributed by atoms with van der Waals surface area (Å²) in [6, 6.07) is 4.25. The molecule has 0 saturated carbocycles. The normalized spacial score (nSPS) is 22.9. The van der Waals surface area contributed by atoms with Crippen LogP contribution in [0.2, 0.25) is 5.15 Å². The average Bonchev–Trinajstić information content (AvgIpc) is 2.56. The van der Waals surface area contributed by atoms with E-state index in [0.717, 1.165) is 31.6 Å². The van der Waals surface area contributed by atoms with Gasteiger partial charge in [0.2, 0.25) is 0 Å². The van der Waals surface area contributed by atoms with Crippen LogP contribution in [0.4, 0.5) is 0 Å². The van der Waals surface area contributed by atoms with Crippen LogP contribution in [-0.4, -0.2) is 29.0 Å². The maximum atomic E-state index is 5.97. The van der Waals surface area contributed by atoms with Gasteiger partial charge in [-0.05, 0) is 12.5 Å². The molecule has 0 radical (unpaired) electrons. The molecule has 0 aliphatic carbocycles. The SMILES string of the molecule is N[C@@H]1CCN(Cc2cccnc2Cl)C1. The van der Waals surface area contributed by atoms with Crippen molar-refractivity contribution in [3.05, 3.63) is 29.0 Å². The van der Waals surface area contributed by atoms with E-state index < -0.39 is 0 Å². The Hall–Kier alpha value is -0.640. The third-order valence-electron chi connectivity index (χ3n) is 2.54. The first-order valence-corrected chi connectivity index (χ1v) is 5.21. The van der Waals surface area contributed by atoms with Gasteiger partial charge in [0.15, 0.2) is 0 Å². The van der Waals surface area contributed by atoms with Crippen LogP contribution in [0.3, 0.4) is 0 Å². The van der Waals surface area contributed by atoms with E-state index >= 15 is 0 Å². The zero-order valence-electron chi connectivity index (χ0n) is 7.99. The van der Waals surface area contributed by atoms with Gasteiger partial charge in [0.1, 0.15) is 5.15 Å². The lowest BCUT2D eigenvalue weighted by molar-refractivity contribution is 0.326. The zero-order valence-corrected chi connectivity index (χ0v) is 8.74. The first kappa shape index (κ1) is 9.90. The van der Waals surface area contributed by atoms with E-state index in [1.165, 1.54) is 0 Å². The van der Waals surface area contributed by atoms with Gasteiger partial charge < -0.3 is 5.73 Å². The Bertz CT molecular complexity index is 316. The third-order valence-corrected chi connectivity index (χ3v) is 2.88. The number of likely N-dealkylation sites (tertiary alicyclic amines) is 1. The number of rotatable bonds is 2. The van der Waals surface area contributed by atoms with Crippen LogP contribution in [0, 0.1) is 0 Å². The van der Waals surface area contributed by atoms with Crippen molar-refractivity contribution < 1.29 is 0 Å². The second-order valence-corrected chi connectivity index (χ2v) is 4.10. The average molecular weight is 212 g/mol.